The molecule has 0 aromatic rings. The zero-order valence-electron chi connectivity index (χ0n) is 11.0. The molecule has 94 valence electrons. The summed E-state index contributed by atoms with van der Waals surface area (Å²) in [6.07, 6.45) is 4.22. The molecule has 0 aromatic carbocycles. The average molecular weight is 226 g/mol. The van der Waals surface area contributed by atoms with Crippen LogP contribution in [0.4, 0.5) is 0 Å². The predicted octanol–water partition coefficient (Wildman–Crippen LogP) is 2.02. The van der Waals surface area contributed by atoms with Crippen LogP contribution in [-0.4, -0.2) is 36.5 Å². The zero-order valence-corrected chi connectivity index (χ0v) is 11.0. The van der Waals surface area contributed by atoms with Crippen LogP contribution in [0.2, 0.25) is 0 Å². The molecule has 0 spiro atoms. The van der Waals surface area contributed by atoms with Gasteiger partial charge in [-0.3, -0.25) is 4.79 Å². The molecule has 1 atom stereocenters. The molecule has 0 radical (unpaired) electrons. The number of amides is 1. The van der Waals surface area contributed by atoms with Crippen LogP contribution in [0.3, 0.4) is 0 Å². The second kappa shape index (κ2) is 6.89. The van der Waals surface area contributed by atoms with Crippen molar-refractivity contribution < 1.29 is 4.79 Å². The number of nitrogens with zero attached hydrogens (tertiary/aromatic N) is 1. The third-order valence-corrected chi connectivity index (χ3v) is 3.04. The number of carbonyl (C=O) groups is 1. The Kier molecular flexibility index (Phi) is 5.81. The Morgan fingerprint density at radius 1 is 1.50 bits per heavy atom. The van der Waals surface area contributed by atoms with Gasteiger partial charge in [0.25, 0.3) is 0 Å². The van der Waals surface area contributed by atoms with Crippen molar-refractivity contribution in [2.24, 2.45) is 5.92 Å². The Labute approximate surface area is 99.6 Å². The highest BCUT2D eigenvalue weighted by Crippen LogP contribution is 2.13. The minimum Gasteiger partial charge on any atom is -0.341 e. The number of carbonyl (C=O) groups excluding carboxylic acids is 1. The molecule has 0 aromatic heterocycles. The van der Waals surface area contributed by atoms with E-state index in [2.05, 4.69) is 26.1 Å². The summed E-state index contributed by atoms with van der Waals surface area (Å²) < 4.78 is 0. The molecule has 0 aliphatic carbocycles. The van der Waals surface area contributed by atoms with Crippen LogP contribution in [0.5, 0.6) is 0 Å². The number of hydrogen-bond acceptors (Lipinski definition) is 2. The second-order valence-corrected chi connectivity index (χ2v) is 5.23. The summed E-state index contributed by atoms with van der Waals surface area (Å²) in [5, 5.41) is 3.52. The van der Waals surface area contributed by atoms with Crippen LogP contribution in [0, 0.1) is 5.92 Å². The summed E-state index contributed by atoms with van der Waals surface area (Å²) >= 11 is 0. The van der Waals surface area contributed by atoms with E-state index in [1.165, 1.54) is 6.42 Å². The van der Waals surface area contributed by atoms with Gasteiger partial charge in [0.15, 0.2) is 0 Å². The Hall–Kier alpha value is -0.570. The van der Waals surface area contributed by atoms with Crippen molar-refractivity contribution in [2.45, 2.75) is 52.5 Å². The molecule has 1 N–H and O–H groups in total. The molecular formula is C13H26N2O. The van der Waals surface area contributed by atoms with Crippen molar-refractivity contribution in [3.63, 3.8) is 0 Å². The van der Waals surface area contributed by atoms with Crippen LogP contribution < -0.4 is 5.32 Å². The first-order chi connectivity index (χ1) is 7.63. The lowest BCUT2D eigenvalue weighted by Crippen LogP contribution is -2.48. The summed E-state index contributed by atoms with van der Waals surface area (Å²) in [6.45, 7) is 9.32. The van der Waals surface area contributed by atoms with Crippen molar-refractivity contribution >= 4 is 5.91 Å². The number of likely N-dealkylation sites (tertiary alicyclic amines) is 1. The van der Waals surface area contributed by atoms with Gasteiger partial charge in [0.1, 0.15) is 0 Å². The fraction of sp³-hybridized carbons (Fsp3) is 0.923. The molecular weight excluding hydrogens is 200 g/mol. The number of piperidine rings is 1. The third kappa shape index (κ3) is 4.52. The van der Waals surface area contributed by atoms with Crippen molar-refractivity contribution in [1.29, 1.82) is 0 Å². The van der Waals surface area contributed by atoms with Crippen LogP contribution in [0.1, 0.15) is 46.5 Å². The molecule has 1 fully saturated rings. The number of nitrogens with one attached hydrogen (secondary N) is 1. The first kappa shape index (κ1) is 13.5. The van der Waals surface area contributed by atoms with Gasteiger partial charge in [0.05, 0.1) is 0 Å². The lowest BCUT2D eigenvalue weighted by molar-refractivity contribution is -0.133. The maximum absolute atomic E-state index is 11.9. The third-order valence-electron chi connectivity index (χ3n) is 3.04. The first-order valence-electron chi connectivity index (χ1n) is 6.64. The SMILES string of the molecule is CCCNC1CCCN(C(=O)CC(C)C)C1. The highest BCUT2D eigenvalue weighted by Gasteiger charge is 2.23. The standard InChI is InChI=1S/C13H26N2O/c1-4-7-14-12-6-5-8-15(10-12)13(16)9-11(2)3/h11-12,14H,4-10H2,1-3H3. The van der Waals surface area contributed by atoms with E-state index in [4.69, 9.17) is 0 Å². The zero-order chi connectivity index (χ0) is 12.0. The largest absolute Gasteiger partial charge is 0.341 e. The summed E-state index contributed by atoms with van der Waals surface area (Å²) in [5.74, 6) is 0.800. The van der Waals surface area contributed by atoms with E-state index < -0.39 is 0 Å². The quantitative estimate of drug-likeness (QED) is 0.778. The van der Waals surface area contributed by atoms with Gasteiger partial charge in [-0.25, -0.2) is 0 Å². The normalized spacial score (nSPS) is 21.5. The van der Waals surface area contributed by atoms with Crippen molar-refractivity contribution in [3.8, 4) is 0 Å². The molecule has 1 rings (SSSR count). The maximum atomic E-state index is 11.9. The fourth-order valence-electron chi connectivity index (χ4n) is 2.20. The van der Waals surface area contributed by atoms with Gasteiger partial charge in [-0.05, 0) is 31.7 Å². The molecule has 0 bridgehead atoms. The fourth-order valence-corrected chi connectivity index (χ4v) is 2.20. The van der Waals surface area contributed by atoms with E-state index >= 15 is 0 Å². The summed E-state index contributed by atoms with van der Waals surface area (Å²) in [4.78, 5) is 14.0. The van der Waals surface area contributed by atoms with Gasteiger partial charge in [-0.15, -0.1) is 0 Å². The van der Waals surface area contributed by atoms with E-state index in [-0.39, 0.29) is 0 Å². The lowest BCUT2D eigenvalue weighted by atomic mass is 10.0. The van der Waals surface area contributed by atoms with E-state index in [9.17, 15) is 4.79 Å². The predicted molar refractivity (Wildman–Crippen MR) is 67.4 cm³/mol. The van der Waals surface area contributed by atoms with Crippen molar-refractivity contribution in [3.05, 3.63) is 0 Å². The summed E-state index contributed by atoms with van der Waals surface area (Å²) in [5.41, 5.74) is 0. The van der Waals surface area contributed by atoms with Crippen LogP contribution >= 0.6 is 0 Å². The first-order valence-corrected chi connectivity index (χ1v) is 6.64. The molecule has 3 heteroatoms. The lowest BCUT2D eigenvalue weighted by Gasteiger charge is -2.33. The molecule has 3 nitrogen and oxygen atoms in total. The molecule has 1 heterocycles. The molecule has 1 amide bonds. The van der Waals surface area contributed by atoms with Crippen LogP contribution in [0.25, 0.3) is 0 Å². The van der Waals surface area contributed by atoms with E-state index in [0.717, 1.165) is 32.5 Å². The number of rotatable bonds is 5. The van der Waals surface area contributed by atoms with Gasteiger partial charge in [0.2, 0.25) is 5.91 Å². The molecule has 1 unspecified atom stereocenters. The Morgan fingerprint density at radius 2 is 2.25 bits per heavy atom. The maximum Gasteiger partial charge on any atom is 0.222 e. The topological polar surface area (TPSA) is 32.3 Å². The Balaban J connectivity index is 2.34. The van der Waals surface area contributed by atoms with E-state index in [1.807, 2.05) is 4.90 Å². The minimum atomic E-state index is 0.331. The van der Waals surface area contributed by atoms with Crippen LogP contribution in [0.15, 0.2) is 0 Å². The summed E-state index contributed by atoms with van der Waals surface area (Å²) in [6, 6.07) is 0.518. The molecule has 0 saturated carbocycles. The Bertz CT molecular complexity index is 216. The van der Waals surface area contributed by atoms with Gasteiger partial charge >= 0.3 is 0 Å². The van der Waals surface area contributed by atoms with Gasteiger partial charge < -0.3 is 10.2 Å². The minimum absolute atomic E-state index is 0.331. The monoisotopic (exact) mass is 226 g/mol. The van der Waals surface area contributed by atoms with Crippen LogP contribution in [-0.2, 0) is 4.79 Å². The second-order valence-electron chi connectivity index (χ2n) is 5.23. The number of hydrogen-bond donors (Lipinski definition) is 1. The smallest absolute Gasteiger partial charge is 0.222 e. The Morgan fingerprint density at radius 3 is 2.88 bits per heavy atom. The van der Waals surface area contributed by atoms with Crippen molar-refractivity contribution in [1.82, 2.24) is 10.2 Å². The highest BCUT2D eigenvalue weighted by molar-refractivity contribution is 5.76. The van der Waals surface area contributed by atoms with E-state index in [1.54, 1.807) is 0 Å². The average Bonchev–Trinajstić information content (AvgIpc) is 2.26. The highest BCUT2D eigenvalue weighted by atomic mass is 16.2. The van der Waals surface area contributed by atoms with Gasteiger partial charge in [-0.2, -0.15) is 0 Å². The molecule has 1 saturated heterocycles. The molecule has 1 aliphatic rings. The van der Waals surface area contributed by atoms with Crippen molar-refractivity contribution in [2.75, 3.05) is 19.6 Å². The van der Waals surface area contributed by atoms with E-state index in [0.29, 0.717) is 24.3 Å². The van der Waals surface area contributed by atoms with Gasteiger partial charge in [0, 0.05) is 25.6 Å². The van der Waals surface area contributed by atoms with Gasteiger partial charge in [-0.1, -0.05) is 20.8 Å². The molecule has 1 aliphatic heterocycles. The summed E-state index contributed by atoms with van der Waals surface area (Å²) in [7, 11) is 0. The molecule has 16 heavy (non-hydrogen) atoms.